The SMILES string of the molecule is C/[C]=C/C(OC)OC. The quantitative estimate of drug-likeness (QED) is 0.510. The molecule has 0 saturated carbocycles. The van der Waals surface area contributed by atoms with Crippen LogP contribution in [-0.4, -0.2) is 20.5 Å². The van der Waals surface area contributed by atoms with Gasteiger partial charge >= 0.3 is 0 Å². The first-order valence-corrected chi connectivity index (χ1v) is 2.41. The van der Waals surface area contributed by atoms with Gasteiger partial charge in [-0.2, -0.15) is 0 Å². The topological polar surface area (TPSA) is 18.5 Å². The van der Waals surface area contributed by atoms with Crippen molar-refractivity contribution in [2.75, 3.05) is 14.2 Å². The van der Waals surface area contributed by atoms with Crippen molar-refractivity contribution in [3.63, 3.8) is 0 Å². The molecular formula is C6H11O2. The highest BCUT2D eigenvalue weighted by Crippen LogP contribution is 1.90. The van der Waals surface area contributed by atoms with Crippen LogP contribution < -0.4 is 0 Å². The van der Waals surface area contributed by atoms with Crippen LogP contribution in [0.1, 0.15) is 6.92 Å². The first-order chi connectivity index (χ1) is 3.85. The molecule has 0 atom stereocenters. The molecule has 2 nitrogen and oxygen atoms in total. The standard InChI is InChI=1S/C6H11O2/c1-4-5-6(7-2)8-3/h5-6H,1-3H3. The lowest BCUT2D eigenvalue weighted by Crippen LogP contribution is -2.08. The molecule has 0 saturated heterocycles. The lowest BCUT2D eigenvalue weighted by atomic mass is 10.5. The highest BCUT2D eigenvalue weighted by Gasteiger charge is 1.94. The maximum absolute atomic E-state index is 4.80. The summed E-state index contributed by atoms with van der Waals surface area (Å²) in [7, 11) is 3.17. The highest BCUT2D eigenvalue weighted by atomic mass is 16.7. The van der Waals surface area contributed by atoms with Gasteiger partial charge in [-0.15, -0.1) is 0 Å². The number of hydrogen-bond acceptors (Lipinski definition) is 2. The van der Waals surface area contributed by atoms with Crippen LogP contribution in [-0.2, 0) is 9.47 Å². The maximum Gasteiger partial charge on any atom is 0.176 e. The average molecular weight is 115 g/mol. The van der Waals surface area contributed by atoms with Crippen molar-refractivity contribution in [3.8, 4) is 0 Å². The zero-order chi connectivity index (χ0) is 6.41. The molecule has 0 aromatic carbocycles. The fraction of sp³-hybridized carbons (Fsp3) is 0.667. The molecule has 8 heavy (non-hydrogen) atoms. The Morgan fingerprint density at radius 3 is 2.00 bits per heavy atom. The summed E-state index contributed by atoms with van der Waals surface area (Å²) in [6.45, 7) is 1.80. The number of methoxy groups -OCH3 is 2. The Morgan fingerprint density at radius 1 is 1.38 bits per heavy atom. The van der Waals surface area contributed by atoms with Crippen molar-refractivity contribution < 1.29 is 9.47 Å². The van der Waals surface area contributed by atoms with Crippen LogP contribution >= 0.6 is 0 Å². The monoisotopic (exact) mass is 115 g/mol. The first kappa shape index (κ1) is 7.66. The summed E-state index contributed by atoms with van der Waals surface area (Å²) in [6, 6.07) is 0. The fourth-order valence-electron chi connectivity index (χ4n) is 0.368. The van der Waals surface area contributed by atoms with Crippen LogP contribution in [0.2, 0.25) is 0 Å². The van der Waals surface area contributed by atoms with Gasteiger partial charge in [-0.1, -0.05) is 0 Å². The Balaban J connectivity index is 3.36. The Labute approximate surface area is 50.1 Å². The van der Waals surface area contributed by atoms with E-state index in [1.54, 1.807) is 27.2 Å². The Bertz CT molecular complexity index is 64.9. The summed E-state index contributed by atoms with van der Waals surface area (Å²) in [5.41, 5.74) is 0. The van der Waals surface area contributed by atoms with Gasteiger partial charge in [-0.05, 0) is 19.1 Å². The van der Waals surface area contributed by atoms with Gasteiger partial charge in [-0.3, -0.25) is 0 Å². The molecule has 0 spiro atoms. The zero-order valence-corrected chi connectivity index (χ0v) is 5.47. The van der Waals surface area contributed by atoms with E-state index in [1.165, 1.54) is 0 Å². The molecule has 0 bridgehead atoms. The van der Waals surface area contributed by atoms with E-state index in [9.17, 15) is 0 Å². The van der Waals surface area contributed by atoms with E-state index in [4.69, 9.17) is 9.47 Å². The van der Waals surface area contributed by atoms with Crippen molar-refractivity contribution in [3.05, 3.63) is 12.2 Å². The van der Waals surface area contributed by atoms with E-state index in [0.717, 1.165) is 0 Å². The number of allylic oxidation sites excluding steroid dienone is 1. The van der Waals surface area contributed by atoms with Crippen LogP contribution in [0.25, 0.3) is 0 Å². The molecule has 0 rings (SSSR count). The zero-order valence-electron chi connectivity index (χ0n) is 5.47. The predicted molar refractivity (Wildman–Crippen MR) is 31.3 cm³/mol. The van der Waals surface area contributed by atoms with Crippen LogP contribution in [0.3, 0.4) is 0 Å². The van der Waals surface area contributed by atoms with E-state index >= 15 is 0 Å². The van der Waals surface area contributed by atoms with Gasteiger partial charge in [0.1, 0.15) is 0 Å². The molecule has 0 unspecified atom stereocenters. The largest absolute Gasteiger partial charge is 0.352 e. The third-order valence-corrected chi connectivity index (χ3v) is 0.767. The van der Waals surface area contributed by atoms with E-state index in [-0.39, 0.29) is 6.29 Å². The lowest BCUT2D eigenvalue weighted by molar-refractivity contribution is -0.0669. The second-order valence-corrected chi connectivity index (χ2v) is 1.30. The summed E-state index contributed by atoms with van der Waals surface area (Å²) in [5, 5.41) is 0. The molecule has 0 aliphatic carbocycles. The smallest absolute Gasteiger partial charge is 0.176 e. The van der Waals surface area contributed by atoms with E-state index in [1.807, 2.05) is 0 Å². The molecule has 0 aliphatic rings. The van der Waals surface area contributed by atoms with Crippen LogP contribution in [0.4, 0.5) is 0 Å². The molecule has 0 amide bonds. The van der Waals surface area contributed by atoms with Gasteiger partial charge in [0.25, 0.3) is 0 Å². The molecule has 0 aliphatic heterocycles. The molecule has 1 radical (unpaired) electrons. The van der Waals surface area contributed by atoms with E-state index in [2.05, 4.69) is 6.08 Å². The van der Waals surface area contributed by atoms with Gasteiger partial charge in [0, 0.05) is 14.2 Å². The molecule has 47 valence electrons. The molecule has 0 heterocycles. The summed E-state index contributed by atoms with van der Waals surface area (Å²) in [6.07, 6.45) is 4.27. The summed E-state index contributed by atoms with van der Waals surface area (Å²) >= 11 is 0. The van der Waals surface area contributed by atoms with Crippen LogP contribution in [0.15, 0.2) is 6.08 Å². The molecule has 0 aromatic rings. The number of ether oxygens (including phenoxy) is 2. The Kier molecular flexibility index (Phi) is 4.61. The minimum atomic E-state index is -0.236. The normalized spacial score (nSPS) is 11.5. The van der Waals surface area contributed by atoms with E-state index < -0.39 is 0 Å². The third-order valence-electron chi connectivity index (χ3n) is 0.767. The van der Waals surface area contributed by atoms with Crippen molar-refractivity contribution in [2.24, 2.45) is 0 Å². The molecule has 0 N–H and O–H groups in total. The number of rotatable bonds is 3. The average Bonchev–Trinajstić information content (AvgIpc) is 1.83. The molecule has 0 aromatic heterocycles. The minimum Gasteiger partial charge on any atom is -0.352 e. The van der Waals surface area contributed by atoms with Crippen molar-refractivity contribution >= 4 is 0 Å². The minimum absolute atomic E-state index is 0.236. The second-order valence-electron chi connectivity index (χ2n) is 1.30. The maximum atomic E-state index is 4.80. The first-order valence-electron chi connectivity index (χ1n) is 2.41. The third kappa shape index (κ3) is 2.77. The number of hydrogen-bond donors (Lipinski definition) is 0. The van der Waals surface area contributed by atoms with Crippen molar-refractivity contribution in [1.82, 2.24) is 0 Å². The van der Waals surface area contributed by atoms with Crippen molar-refractivity contribution in [2.45, 2.75) is 13.2 Å². The van der Waals surface area contributed by atoms with Crippen LogP contribution in [0.5, 0.6) is 0 Å². The fourth-order valence-corrected chi connectivity index (χ4v) is 0.368. The van der Waals surface area contributed by atoms with Gasteiger partial charge < -0.3 is 9.47 Å². The summed E-state index contributed by atoms with van der Waals surface area (Å²) < 4.78 is 9.60. The van der Waals surface area contributed by atoms with Gasteiger partial charge in [0.15, 0.2) is 6.29 Å². The Morgan fingerprint density at radius 2 is 1.88 bits per heavy atom. The van der Waals surface area contributed by atoms with E-state index in [0.29, 0.717) is 0 Å². The van der Waals surface area contributed by atoms with Gasteiger partial charge in [0.2, 0.25) is 0 Å². The predicted octanol–water partition coefficient (Wildman–Crippen LogP) is 0.985. The van der Waals surface area contributed by atoms with Gasteiger partial charge in [-0.25, -0.2) is 0 Å². The summed E-state index contributed by atoms with van der Waals surface area (Å²) in [4.78, 5) is 0. The molecule has 0 fully saturated rings. The second kappa shape index (κ2) is 4.81. The molecule has 2 heteroatoms. The summed E-state index contributed by atoms with van der Waals surface area (Å²) in [5.74, 6) is 0. The Hall–Kier alpha value is -0.340. The van der Waals surface area contributed by atoms with Crippen molar-refractivity contribution in [1.29, 1.82) is 0 Å². The molecular weight excluding hydrogens is 104 g/mol. The van der Waals surface area contributed by atoms with Crippen LogP contribution in [0, 0.1) is 6.08 Å². The van der Waals surface area contributed by atoms with Gasteiger partial charge in [0.05, 0.1) is 0 Å². The highest BCUT2D eigenvalue weighted by molar-refractivity contribution is 4.73. The lowest BCUT2D eigenvalue weighted by Gasteiger charge is -2.05.